The van der Waals surface area contributed by atoms with Gasteiger partial charge in [-0.2, -0.15) is 0 Å². The molecule has 0 radical (unpaired) electrons. The topological polar surface area (TPSA) is 80.0 Å². The monoisotopic (exact) mass is 302 g/mol. The molecule has 1 aromatic carbocycles. The van der Waals surface area contributed by atoms with E-state index in [2.05, 4.69) is 21.3 Å². The van der Waals surface area contributed by atoms with Gasteiger partial charge in [0, 0.05) is 13.0 Å². The Morgan fingerprint density at radius 3 is 2.82 bits per heavy atom. The number of hydrogen-bond acceptors (Lipinski definition) is 4. The average Bonchev–Trinajstić information content (AvgIpc) is 2.88. The molecule has 1 heterocycles. The second kappa shape index (κ2) is 6.83. The van der Waals surface area contributed by atoms with Crippen molar-refractivity contribution in [1.29, 1.82) is 0 Å². The molecule has 1 amide bonds. The standard InChI is InChI=1S/C15H15FN4O2/c1-3-4-13(21)9-17-15(22)14-18-10(2)20(19-14)12-7-5-11(16)6-8-12/h1,5-8,13,21H,4,9H2,2H3,(H,17,22)/t13-/m0/s1. The van der Waals surface area contributed by atoms with E-state index in [-0.39, 0.29) is 24.6 Å². The molecule has 0 spiro atoms. The largest absolute Gasteiger partial charge is 0.390 e. The molecule has 6 nitrogen and oxygen atoms in total. The van der Waals surface area contributed by atoms with Crippen LogP contribution in [-0.2, 0) is 0 Å². The second-order valence-corrected chi connectivity index (χ2v) is 4.64. The Morgan fingerprint density at radius 2 is 2.18 bits per heavy atom. The molecular formula is C15H15FN4O2. The summed E-state index contributed by atoms with van der Waals surface area (Å²) in [6, 6.07) is 5.67. The third-order valence-electron chi connectivity index (χ3n) is 2.89. The van der Waals surface area contributed by atoms with Crippen LogP contribution < -0.4 is 5.32 Å². The van der Waals surface area contributed by atoms with Crippen molar-refractivity contribution in [2.45, 2.75) is 19.4 Å². The van der Waals surface area contributed by atoms with Crippen LogP contribution in [0.15, 0.2) is 24.3 Å². The van der Waals surface area contributed by atoms with Crippen LogP contribution in [0.2, 0.25) is 0 Å². The van der Waals surface area contributed by atoms with Crippen molar-refractivity contribution >= 4 is 5.91 Å². The Hall–Kier alpha value is -2.72. The molecule has 114 valence electrons. The van der Waals surface area contributed by atoms with E-state index in [1.54, 1.807) is 6.92 Å². The minimum Gasteiger partial charge on any atom is -0.390 e. The fraction of sp³-hybridized carbons (Fsp3) is 0.267. The fourth-order valence-electron chi connectivity index (χ4n) is 1.81. The number of aryl methyl sites for hydroxylation is 1. The second-order valence-electron chi connectivity index (χ2n) is 4.64. The summed E-state index contributed by atoms with van der Waals surface area (Å²) < 4.78 is 14.4. The Kier molecular flexibility index (Phi) is 4.86. The normalized spacial score (nSPS) is 11.7. The summed E-state index contributed by atoms with van der Waals surface area (Å²) in [5, 5.41) is 16.1. The predicted molar refractivity (Wildman–Crippen MR) is 77.8 cm³/mol. The number of hydrogen-bond donors (Lipinski definition) is 2. The van der Waals surface area contributed by atoms with Gasteiger partial charge in [0.05, 0.1) is 11.8 Å². The van der Waals surface area contributed by atoms with Gasteiger partial charge in [0.15, 0.2) is 0 Å². The van der Waals surface area contributed by atoms with E-state index >= 15 is 0 Å². The third-order valence-corrected chi connectivity index (χ3v) is 2.89. The number of aliphatic hydroxyl groups is 1. The maximum atomic E-state index is 12.9. The van der Waals surface area contributed by atoms with Gasteiger partial charge >= 0.3 is 0 Å². The van der Waals surface area contributed by atoms with Crippen molar-refractivity contribution in [3.8, 4) is 18.0 Å². The van der Waals surface area contributed by atoms with Gasteiger partial charge in [0.2, 0.25) is 5.82 Å². The maximum Gasteiger partial charge on any atom is 0.291 e. The summed E-state index contributed by atoms with van der Waals surface area (Å²) in [6.07, 6.45) is 4.41. The van der Waals surface area contributed by atoms with Crippen molar-refractivity contribution in [3.63, 3.8) is 0 Å². The van der Waals surface area contributed by atoms with E-state index < -0.39 is 12.0 Å². The van der Waals surface area contributed by atoms with Crippen LogP contribution in [0.5, 0.6) is 0 Å². The van der Waals surface area contributed by atoms with Crippen LogP contribution >= 0.6 is 0 Å². The molecular weight excluding hydrogens is 287 g/mol. The molecule has 0 bridgehead atoms. The number of halogens is 1. The molecule has 0 saturated carbocycles. The molecule has 0 aliphatic carbocycles. The number of aliphatic hydroxyl groups excluding tert-OH is 1. The first kappa shape index (κ1) is 15.7. The summed E-state index contributed by atoms with van der Waals surface area (Å²) >= 11 is 0. The van der Waals surface area contributed by atoms with E-state index in [1.807, 2.05) is 0 Å². The molecule has 0 aliphatic rings. The van der Waals surface area contributed by atoms with Gasteiger partial charge in [-0.15, -0.1) is 17.4 Å². The number of amides is 1. The number of carbonyl (C=O) groups excluding carboxylic acids is 1. The lowest BCUT2D eigenvalue weighted by Crippen LogP contribution is -2.32. The zero-order valence-electron chi connectivity index (χ0n) is 12.0. The number of nitrogens with one attached hydrogen (secondary N) is 1. The van der Waals surface area contributed by atoms with Gasteiger partial charge in [0.25, 0.3) is 5.91 Å². The van der Waals surface area contributed by atoms with Crippen molar-refractivity contribution in [1.82, 2.24) is 20.1 Å². The van der Waals surface area contributed by atoms with E-state index in [9.17, 15) is 14.3 Å². The summed E-state index contributed by atoms with van der Waals surface area (Å²) in [5.41, 5.74) is 0.595. The number of terminal acetylenes is 1. The van der Waals surface area contributed by atoms with Crippen LogP contribution in [-0.4, -0.2) is 38.4 Å². The molecule has 0 saturated heterocycles. The molecule has 7 heteroatoms. The minimum absolute atomic E-state index is 0.0210. The highest BCUT2D eigenvalue weighted by Gasteiger charge is 2.16. The lowest BCUT2D eigenvalue weighted by molar-refractivity contribution is 0.0908. The summed E-state index contributed by atoms with van der Waals surface area (Å²) in [7, 11) is 0. The quantitative estimate of drug-likeness (QED) is 0.802. The Bertz CT molecular complexity index is 703. The third kappa shape index (κ3) is 3.68. The molecule has 0 unspecified atom stereocenters. The van der Waals surface area contributed by atoms with Crippen LogP contribution in [0.3, 0.4) is 0 Å². The van der Waals surface area contributed by atoms with Gasteiger partial charge in [-0.1, -0.05) is 0 Å². The fourth-order valence-corrected chi connectivity index (χ4v) is 1.81. The number of aromatic nitrogens is 3. The minimum atomic E-state index is -0.811. The molecule has 1 aromatic heterocycles. The Balaban J connectivity index is 2.11. The van der Waals surface area contributed by atoms with Crippen LogP contribution in [0.25, 0.3) is 5.69 Å². The van der Waals surface area contributed by atoms with Gasteiger partial charge in [-0.05, 0) is 31.2 Å². The number of nitrogens with zero attached hydrogens (tertiary/aromatic N) is 3. The highest BCUT2D eigenvalue weighted by Crippen LogP contribution is 2.10. The zero-order valence-corrected chi connectivity index (χ0v) is 12.0. The van der Waals surface area contributed by atoms with Gasteiger partial charge < -0.3 is 10.4 Å². The SMILES string of the molecule is C#CC[C@H](O)CNC(=O)c1nc(C)n(-c2ccc(F)cc2)n1. The summed E-state index contributed by atoms with van der Waals surface area (Å²) in [4.78, 5) is 16.0. The first-order chi connectivity index (χ1) is 10.5. The molecule has 22 heavy (non-hydrogen) atoms. The van der Waals surface area contributed by atoms with E-state index in [0.717, 1.165) is 0 Å². The predicted octanol–water partition coefficient (Wildman–Crippen LogP) is 0.829. The Morgan fingerprint density at radius 1 is 1.50 bits per heavy atom. The van der Waals surface area contributed by atoms with Crippen molar-refractivity contribution in [2.24, 2.45) is 0 Å². The lowest BCUT2D eigenvalue weighted by atomic mass is 10.2. The highest BCUT2D eigenvalue weighted by molar-refractivity contribution is 5.90. The number of carbonyl (C=O) groups is 1. The first-order valence-corrected chi connectivity index (χ1v) is 6.60. The number of rotatable bonds is 5. The van der Waals surface area contributed by atoms with E-state index in [0.29, 0.717) is 11.5 Å². The highest BCUT2D eigenvalue weighted by atomic mass is 19.1. The lowest BCUT2D eigenvalue weighted by Gasteiger charge is -2.07. The summed E-state index contributed by atoms with van der Waals surface area (Å²) in [5.74, 6) is 1.88. The molecule has 0 fully saturated rings. The molecule has 2 aromatic rings. The smallest absolute Gasteiger partial charge is 0.291 e. The van der Waals surface area contributed by atoms with E-state index in [1.165, 1.54) is 28.9 Å². The first-order valence-electron chi connectivity index (χ1n) is 6.60. The van der Waals surface area contributed by atoms with E-state index in [4.69, 9.17) is 6.42 Å². The maximum absolute atomic E-state index is 12.9. The van der Waals surface area contributed by atoms with Crippen molar-refractivity contribution in [2.75, 3.05) is 6.54 Å². The van der Waals surface area contributed by atoms with Gasteiger partial charge in [-0.25, -0.2) is 14.1 Å². The zero-order chi connectivity index (χ0) is 16.1. The Labute approximate surface area is 127 Å². The van der Waals surface area contributed by atoms with Crippen LogP contribution in [0.1, 0.15) is 22.9 Å². The number of benzene rings is 1. The molecule has 2 N–H and O–H groups in total. The van der Waals surface area contributed by atoms with Crippen molar-refractivity contribution < 1.29 is 14.3 Å². The molecule has 1 atom stereocenters. The van der Waals surface area contributed by atoms with Gasteiger partial charge in [-0.3, -0.25) is 4.79 Å². The van der Waals surface area contributed by atoms with Crippen LogP contribution in [0, 0.1) is 25.1 Å². The average molecular weight is 302 g/mol. The van der Waals surface area contributed by atoms with Crippen molar-refractivity contribution in [3.05, 3.63) is 41.7 Å². The van der Waals surface area contributed by atoms with Crippen LogP contribution in [0.4, 0.5) is 4.39 Å². The van der Waals surface area contributed by atoms with Gasteiger partial charge in [0.1, 0.15) is 11.6 Å². The molecule has 2 rings (SSSR count). The molecule has 0 aliphatic heterocycles. The summed E-state index contributed by atoms with van der Waals surface area (Å²) in [6.45, 7) is 1.70.